The summed E-state index contributed by atoms with van der Waals surface area (Å²) in [4.78, 5) is 22.0. The number of fused-ring (bicyclic) bond motifs is 2. The fourth-order valence-electron chi connectivity index (χ4n) is 3.01. The van der Waals surface area contributed by atoms with Crippen LogP contribution in [0.5, 0.6) is 11.6 Å². The third-order valence-electron chi connectivity index (χ3n) is 4.24. The van der Waals surface area contributed by atoms with Crippen LogP contribution in [0.15, 0.2) is 36.8 Å². The van der Waals surface area contributed by atoms with E-state index in [1.54, 1.807) is 18.2 Å². The smallest absolute Gasteiger partial charge is 0.415 e. The first-order chi connectivity index (χ1) is 11.6. The lowest BCUT2D eigenvalue weighted by Crippen LogP contribution is -2.27. The molecule has 0 saturated heterocycles. The van der Waals surface area contributed by atoms with E-state index in [1.807, 2.05) is 6.07 Å². The Morgan fingerprint density at radius 1 is 1.29 bits per heavy atom. The van der Waals surface area contributed by atoms with Gasteiger partial charge in [-0.05, 0) is 37.7 Å². The lowest BCUT2D eigenvalue weighted by molar-refractivity contribution is 0.197. The number of aromatic nitrogens is 3. The van der Waals surface area contributed by atoms with E-state index in [1.165, 1.54) is 17.1 Å². The number of hydrogen-bond donors (Lipinski definition) is 1. The number of hydrogen-bond acceptors (Lipinski definition) is 5. The molecule has 24 heavy (non-hydrogen) atoms. The maximum absolute atomic E-state index is 11.1. The Morgan fingerprint density at radius 2 is 2.17 bits per heavy atom. The molecule has 0 aliphatic carbocycles. The molecule has 0 unspecified atom stereocenters. The Balaban J connectivity index is 1.68. The zero-order chi connectivity index (χ0) is 16.7. The highest BCUT2D eigenvalue weighted by atomic mass is 16.5. The van der Waals surface area contributed by atoms with Crippen LogP contribution in [-0.2, 0) is 13.0 Å². The summed E-state index contributed by atoms with van der Waals surface area (Å²) in [5.74, 6) is 1.20. The number of likely N-dealkylation sites (N-methyl/N-ethyl adjacent to an activating group) is 1. The van der Waals surface area contributed by atoms with Crippen molar-refractivity contribution >= 4 is 17.0 Å². The Morgan fingerprint density at radius 3 is 3.00 bits per heavy atom. The van der Waals surface area contributed by atoms with Gasteiger partial charge in [0.25, 0.3) is 0 Å². The molecule has 3 heterocycles. The molecule has 122 valence electrons. The van der Waals surface area contributed by atoms with Gasteiger partial charge in [0, 0.05) is 30.2 Å². The van der Waals surface area contributed by atoms with Crippen LogP contribution < -0.4 is 4.74 Å². The summed E-state index contributed by atoms with van der Waals surface area (Å²) in [5.41, 5.74) is 2.66. The van der Waals surface area contributed by atoms with Gasteiger partial charge in [-0.3, -0.25) is 4.57 Å². The van der Waals surface area contributed by atoms with Gasteiger partial charge >= 0.3 is 6.09 Å². The summed E-state index contributed by atoms with van der Waals surface area (Å²) in [5, 5.41) is 9.94. The zero-order valence-corrected chi connectivity index (χ0v) is 13.1. The molecule has 0 saturated carbocycles. The second kappa shape index (κ2) is 5.61. The van der Waals surface area contributed by atoms with E-state index in [0.29, 0.717) is 17.1 Å². The summed E-state index contributed by atoms with van der Waals surface area (Å²) in [6.07, 6.45) is 2.89. The van der Waals surface area contributed by atoms with Crippen molar-refractivity contribution in [1.82, 2.24) is 19.4 Å². The predicted octanol–water partition coefficient (Wildman–Crippen LogP) is 2.74. The molecule has 0 amide bonds. The molecule has 0 radical (unpaired) electrons. The SMILES string of the molecule is CN1CCc2c(ncnc2Oc2ccc3c(ccn3C(=O)O)c2)C1. The molecule has 1 aliphatic heterocycles. The van der Waals surface area contributed by atoms with Gasteiger partial charge in [0.2, 0.25) is 5.88 Å². The van der Waals surface area contributed by atoms with Crippen molar-refractivity contribution in [3.8, 4) is 11.6 Å². The van der Waals surface area contributed by atoms with Crippen LogP contribution in [0.2, 0.25) is 0 Å². The molecular formula is C17H16N4O3. The van der Waals surface area contributed by atoms with Gasteiger partial charge in [-0.25, -0.2) is 14.8 Å². The van der Waals surface area contributed by atoms with Crippen molar-refractivity contribution < 1.29 is 14.6 Å². The van der Waals surface area contributed by atoms with Crippen LogP contribution >= 0.6 is 0 Å². The first-order valence-corrected chi connectivity index (χ1v) is 7.65. The average molecular weight is 324 g/mol. The molecule has 7 nitrogen and oxygen atoms in total. The molecule has 3 aromatic rings. The molecule has 0 atom stereocenters. The van der Waals surface area contributed by atoms with Gasteiger partial charge in [0.1, 0.15) is 12.1 Å². The monoisotopic (exact) mass is 324 g/mol. The molecule has 4 rings (SSSR count). The van der Waals surface area contributed by atoms with Gasteiger partial charge in [0.15, 0.2) is 0 Å². The van der Waals surface area contributed by atoms with Crippen molar-refractivity contribution in [2.75, 3.05) is 13.6 Å². The van der Waals surface area contributed by atoms with E-state index in [4.69, 9.17) is 9.84 Å². The summed E-state index contributed by atoms with van der Waals surface area (Å²) in [7, 11) is 2.06. The number of carboxylic acid groups (broad SMARTS) is 1. The van der Waals surface area contributed by atoms with Gasteiger partial charge in [-0.15, -0.1) is 0 Å². The lowest BCUT2D eigenvalue weighted by Gasteiger charge is -2.24. The minimum absolute atomic E-state index is 0.574. The fourth-order valence-corrected chi connectivity index (χ4v) is 3.01. The van der Waals surface area contributed by atoms with E-state index in [2.05, 4.69) is 21.9 Å². The third-order valence-corrected chi connectivity index (χ3v) is 4.24. The fraction of sp³-hybridized carbons (Fsp3) is 0.235. The molecule has 0 spiro atoms. The first-order valence-electron chi connectivity index (χ1n) is 7.65. The summed E-state index contributed by atoms with van der Waals surface area (Å²) in [6.45, 7) is 1.73. The topological polar surface area (TPSA) is 80.5 Å². The lowest BCUT2D eigenvalue weighted by atomic mass is 10.1. The van der Waals surface area contributed by atoms with Crippen LogP contribution in [0.4, 0.5) is 4.79 Å². The standard InChI is InChI=1S/C17H16N4O3/c1-20-6-5-13-14(9-20)18-10-19-16(13)24-12-2-3-15-11(8-12)4-7-21(15)17(22)23/h2-4,7-8,10H,5-6,9H2,1H3,(H,22,23). The van der Waals surface area contributed by atoms with Crippen LogP contribution in [0.25, 0.3) is 10.9 Å². The van der Waals surface area contributed by atoms with E-state index in [9.17, 15) is 4.79 Å². The Labute approximate surface area is 138 Å². The summed E-state index contributed by atoms with van der Waals surface area (Å²) >= 11 is 0. The van der Waals surface area contributed by atoms with Crippen molar-refractivity contribution in [2.45, 2.75) is 13.0 Å². The minimum atomic E-state index is -1.01. The third kappa shape index (κ3) is 2.48. The quantitative estimate of drug-likeness (QED) is 0.781. The van der Waals surface area contributed by atoms with E-state index >= 15 is 0 Å². The molecule has 0 fully saturated rings. The highest BCUT2D eigenvalue weighted by Gasteiger charge is 2.20. The molecular weight excluding hydrogens is 308 g/mol. The normalized spacial score (nSPS) is 14.5. The number of ether oxygens (including phenoxy) is 1. The van der Waals surface area contributed by atoms with Crippen LogP contribution in [0.1, 0.15) is 11.3 Å². The molecule has 0 bridgehead atoms. The number of rotatable bonds is 2. The molecule has 1 aromatic carbocycles. The maximum atomic E-state index is 11.1. The van der Waals surface area contributed by atoms with E-state index in [0.717, 1.165) is 36.2 Å². The number of benzene rings is 1. The first kappa shape index (κ1) is 14.6. The van der Waals surface area contributed by atoms with Crippen molar-refractivity contribution in [3.05, 3.63) is 48.0 Å². The Hall–Kier alpha value is -2.93. The molecule has 2 aromatic heterocycles. The minimum Gasteiger partial charge on any atom is -0.464 e. The van der Waals surface area contributed by atoms with Gasteiger partial charge in [0.05, 0.1) is 11.2 Å². The van der Waals surface area contributed by atoms with Crippen molar-refractivity contribution in [1.29, 1.82) is 0 Å². The summed E-state index contributed by atoms with van der Waals surface area (Å²) < 4.78 is 7.15. The van der Waals surface area contributed by atoms with E-state index in [-0.39, 0.29) is 0 Å². The number of nitrogens with zero attached hydrogens (tertiary/aromatic N) is 4. The number of carbonyl (C=O) groups is 1. The van der Waals surface area contributed by atoms with Crippen LogP contribution in [0.3, 0.4) is 0 Å². The van der Waals surface area contributed by atoms with Gasteiger partial charge < -0.3 is 14.7 Å². The maximum Gasteiger partial charge on any atom is 0.415 e. The predicted molar refractivity (Wildman–Crippen MR) is 87.5 cm³/mol. The second-order valence-corrected chi connectivity index (χ2v) is 5.88. The van der Waals surface area contributed by atoms with Crippen molar-refractivity contribution in [3.63, 3.8) is 0 Å². The van der Waals surface area contributed by atoms with Crippen LogP contribution in [-0.4, -0.2) is 44.2 Å². The highest BCUT2D eigenvalue weighted by molar-refractivity contribution is 5.89. The van der Waals surface area contributed by atoms with E-state index < -0.39 is 6.09 Å². The zero-order valence-electron chi connectivity index (χ0n) is 13.1. The summed E-state index contributed by atoms with van der Waals surface area (Å²) in [6, 6.07) is 7.06. The van der Waals surface area contributed by atoms with Gasteiger partial charge in [-0.2, -0.15) is 0 Å². The van der Waals surface area contributed by atoms with Crippen molar-refractivity contribution in [2.24, 2.45) is 0 Å². The van der Waals surface area contributed by atoms with Gasteiger partial charge in [-0.1, -0.05) is 0 Å². The average Bonchev–Trinajstić information content (AvgIpc) is 2.98. The van der Waals surface area contributed by atoms with Crippen LogP contribution in [0, 0.1) is 0 Å². The molecule has 1 aliphatic rings. The Kier molecular flexibility index (Phi) is 3.42. The largest absolute Gasteiger partial charge is 0.464 e. The molecule has 1 N–H and O–H groups in total. The second-order valence-electron chi connectivity index (χ2n) is 5.88. The highest BCUT2D eigenvalue weighted by Crippen LogP contribution is 2.30. The Bertz CT molecular complexity index is 935. The molecule has 7 heteroatoms.